The second-order valence-corrected chi connectivity index (χ2v) is 5.71. The maximum absolute atomic E-state index is 10.3. The first-order valence-corrected chi connectivity index (χ1v) is 7.31. The van der Waals surface area contributed by atoms with E-state index in [4.69, 9.17) is 14.2 Å². The first kappa shape index (κ1) is 16.1. The van der Waals surface area contributed by atoms with Crippen molar-refractivity contribution in [2.45, 2.75) is 31.4 Å². The predicted octanol–water partition coefficient (Wildman–Crippen LogP) is 1.90. The van der Waals surface area contributed by atoms with Gasteiger partial charge in [-0.25, -0.2) is 0 Å². The predicted molar refractivity (Wildman–Crippen MR) is 81.0 cm³/mol. The molecule has 0 saturated heterocycles. The molecule has 2 unspecified atom stereocenters. The van der Waals surface area contributed by atoms with Crippen molar-refractivity contribution in [3.63, 3.8) is 0 Å². The maximum atomic E-state index is 10.3. The monoisotopic (exact) mass is 295 g/mol. The van der Waals surface area contributed by atoms with Crippen LogP contribution < -0.4 is 14.8 Å². The molecule has 1 aliphatic rings. The molecule has 1 aliphatic heterocycles. The summed E-state index contributed by atoms with van der Waals surface area (Å²) in [7, 11) is 3.30. The van der Waals surface area contributed by atoms with Crippen molar-refractivity contribution in [1.29, 1.82) is 0 Å². The van der Waals surface area contributed by atoms with Crippen LogP contribution in [0.1, 0.15) is 31.4 Å². The van der Waals surface area contributed by atoms with Gasteiger partial charge in [0, 0.05) is 44.7 Å². The summed E-state index contributed by atoms with van der Waals surface area (Å²) in [6.45, 7) is 3.56. The molecule has 0 amide bonds. The van der Waals surface area contributed by atoms with Gasteiger partial charge in [0.25, 0.3) is 0 Å². The Bertz CT molecular complexity index is 462. The molecular weight excluding hydrogens is 270 g/mol. The van der Waals surface area contributed by atoms with Crippen molar-refractivity contribution in [3.05, 3.63) is 23.8 Å². The van der Waals surface area contributed by atoms with Crippen LogP contribution in [0, 0.1) is 0 Å². The highest BCUT2D eigenvalue weighted by atomic mass is 16.5. The summed E-state index contributed by atoms with van der Waals surface area (Å²) in [5.74, 6) is 1.70. The fraction of sp³-hybridized carbons (Fsp3) is 0.625. The first-order valence-electron chi connectivity index (χ1n) is 7.31. The first-order chi connectivity index (χ1) is 10.1. The van der Waals surface area contributed by atoms with Gasteiger partial charge in [0.15, 0.2) is 0 Å². The van der Waals surface area contributed by atoms with Crippen molar-refractivity contribution < 1.29 is 19.3 Å². The van der Waals surface area contributed by atoms with Crippen LogP contribution in [0.3, 0.4) is 0 Å². The smallest absolute Gasteiger partial charge is 0.124 e. The van der Waals surface area contributed by atoms with Crippen LogP contribution in [-0.2, 0) is 4.74 Å². The Kier molecular flexibility index (Phi) is 5.45. The number of hydrogen-bond donors (Lipinski definition) is 2. The molecule has 0 aromatic heterocycles. The molecule has 5 nitrogen and oxygen atoms in total. The number of rotatable bonds is 7. The second kappa shape index (κ2) is 7.11. The van der Waals surface area contributed by atoms with E-state index in [1.165, 1.54) is 0 Å². The molecule has 0 aliphatic carbocycles. The summed E-state index contributed by atoms with van der Waals surface area (Å²) < 4.78 is 16.0. The Morgan fingerprint density at radius 2 is 2.24 bits per heavy atom. The number of methoxy groups -OCH3 is 2. The number of aliphatic hydroxyl groups is 1. The lowest BCUT2D eigenvalue weighted by Gasteiger charge is -2.31. The average molecular weight is 295 g/mol. The molecule has 1 aromatic carbocycles. The van der Waals surface area contributed by atoms with Gasteiger partial charge in [-0.1, -0.05) is 0 Å². The van der Waals surface area contributed by atoms with Crippen LogP contribution in [0.25, 0.3) is 0 Å². The van der Waals surface area contributed by atoms with E-state index in [1.807, 2.05) is 25.1 Å². The zero-order valence-corrected chi connectivity index (χ0v) is 13.0. The van der Waals surface area contributed by atoms with Gasteiger partial charge in [0.05, 0.1) is 19.3 Å². The lowest BCUT2D eigenvalue weighted by molar-refractivity contribution is 0.0215. The molecule has 1 aromatic rings. The van der Waals surface area contributed by atoms with Crippen LogP contribution in [0.15, 0.2) is 18.2 Å². The van der Waals surface area contributed by atoms with Crippen molar-refractivity contribution in [3.8, 4) is 11.5 Å². The van der Waals surface area contributed by atoms with E-state index in [-0.39, 0.29) is 6.04 Å². The van der Waals surface area contributed by atoms with E-state index >= 15 is 0 Å². The van der Waals surface area contributed by atoms with E-state index in [0.29, 0.717) is 26.2 Å². The summed E-state index contributed by atoms with van der Waals surface area (Å²) >= 11 is 0. The summed E-state index contributed by atoms with van der Waals surface area (Å²) in [5.41, 5.74) is 0.302. The van der Waals surface area contributed by atoms with Crippen molar-refractivity contribution in [1.82, 2.24) is 5.32 Å². The minimum absolute atomic E-state index is 0.165. The number of benzene rings is 1. The van der Waals surface area contributed by atoms with Gasteiger partial charge in [-0.3, -0.25) is 0 Å². The van der Waals surface area contributed by atoms with Crippen LogP contribution in [0.2, 0.25) is 0 Å². The molecule has 0 bridgehead atoms. The zero-order valence-electron chi connectivity index (χ0n) is 13.0. The van der Waals surface area contributed by atoms with Gasteiger partial charge in [0.2, 0.25) is 0 Å². The molecule has 0 radical (unpaired) electrons. The number of nitrogens with one attached hydrogen (secondary N) is 1. The highest BCUT2D eigenvalue weighted by Gasteiger charge is 2.26. The molecule has 0 fully saturated rings. The summed E-state index contributed by atoms with van der Waals surface area (Å²) in [6.07, 6.45) is 1.48. The van der Waals surface area contributed by atoms with Crippen LogP contribution >= 0.6 is 0 Å². The van der Waals surface area contributed by atoms with Crippen LogP contribution in [-0.4, -0.2) is 44.7 Å². The SMILES string of the molecule is COCCC(C)(O)CNC1CCOc2ccc(OC)cc21. The summed E-state index contributed by atoms with van der Waals surface area (Å²) in [6, 6.07) is 6.00. The van der Waals surface area contributed by atoms with Gasteiger partial charge in [-0.15, -0.1) is 0 Å². The third-order valence-corrected chi connectivity index (χ3v) is 3.83. The molecule has 21 heavy (non-hydrogen) atoms. The van der Waals surface area contributed by atoms with E-state index in [9.17, 15) is 5.11 Å². The van der Waals surface area contributed by atoms with Crippen LogP contribution in [0.4, 0.5) is 0 Å². The van der Waals surface area contributed by atoms with E-state index in [2.05, 4.69) is 5.32 Å². The topological polar surface area (TPSA) is 60.0 Å². The largest absolute Gasteiger partial charge is 0.497 e. The lowest BCUT2D eigenvalue weighted by Crippen LogP contribution is -2.41. The Labute approximate surface area is 126 Å². The molecule has 2 N–H and O–H groups in total. The normalized spacial score (nSPS) is 20.3. The molecule has 1 heterocycles. The Balaban J connectivity index is 2.02. The minimum Gasteiger partial charge on any atom is -0.497 e. The highest BCUT2D eigenvalue weighted by Crippen LogP contribution is 2.34. The second-order valence-electron chi connectivity index (χ2n) is 5.71. The molecule has 2 atom stereocenters. The summed E-state index contributed by atoms with van der Waals surface area (Å²) in [5, 5.41) is 13.8. The fourth-order valence-corrected chi connectivity index (χ4v) is 2.46. The average Bonchev–Trinajstić information content (AvgIpc) is 2.50. The van der Waals surface area contributed by atoms with Gasteiger partial charge in [-0.05, 0) is 25.1 Å². The quantitative estimate of drug-likeness (QED) is 0.804. The molecule has 118 valence electrons. The summed E-state index contributed by atoms with van der Waals surface area (Å²) in [4.78, 5) is 0. The Hall–Kier alpha value is -1.30. The third kappa shape index (κ3) is 4.33. The van der Waals surface area contributed by atoms with E-state index < -0.39 is 5.60 Å². The third-order valence-electron chi connectivity index (χ3n) is 3.83. The standard InChI is InChI=1S/C16H25NO4/c1-16(18,7-9-19-2)11-17-14-6-8-21-15-5-4-12(20-3)10-13(14)15/h4-5,10,14,17-18H,6-9,11H2,1-3H3. The Morgan fingerprint density at radius 3 is 2.95 bits per heavy atom. The Morgan fingerprint density at radius 1 is 1.43 bits per heavy atom. The highest BCUT2D eigenvalue weighted by molar-refractivity contribution is 5.43. The fourth-order valence-electron chi connectivity index (χ4n) is 2.46. The number of ether oxygens (including phenoxy) is 3. The maximum Gasteiger partial charge on any atom is 0.124 e. The minimum atomic E-state index is -0.784. The van der Waals surface area contributed by atoms with E-state index in [0.717, 1.165) is 23.5 Å². The lowest BCUT2D eigenvalue weighted by atomic mass is 9.97. The van der Waals surface area contributed by atoms with Gasteiger partial charge in [-0.2, -0.15) is 0 Å². The molecule has 0 saturated carbocycles. The van der Waals surface area contributed by atoms with Gasteiger partial charge >= 0.3 is 0 Å². The molecule has 0 spiro atoms. The number of fused-ring (bicyclic) bond motifs is 1. The molecular formula is C16H25NO4. The van der Waals surface area contributed by atoms with Crippen molar-refractivity contribution in [2.75, 3.05) is 34.0 Å². The molecule has 2 rings (SSSR count). The van der Waals surface area contributed by atoms with Crippen LogP contribution in [0.5, 0.6) is 11.5 Å². The molecule has 5 heteroatoms. The van der Waals surface area contributed by atoms with Gasteiger partial charge in [0.1, 0.15) is 11.5 Å². The van der Waals surface area contributed by atoms with E-state index in [1.54, 1.807) is 14.2 Å². The van der Waals surface area contributed by atoms with Crippen molar-refractivity contribution >= 4 is 0 Å². The van der Waals surface area contributed by atoms with Gasteiger partial charge < -0.3 is 24.6 Å². The number of hydrogen-bond acceptors (Lipinski definition) is 5. The zero-order chi connectivity index (χ0) is 15.3. The van der Waals surface area contributed by atoms with Crippen molar-refractivity contribution in [2.24, 2.45) is 0 Å².